The molecule has 0 aliphatic heterocycles. The van der Waals surface area contributed by atoms with Gasteiger partial charge in [-0.1, -0.05) is 6.07 Å². The van der Waals surface area contributed by atoms with E-state index in [1.165, 1.54) is 0 Å². The first-order valence-corrected chi connectivity index (χ1v) is 7.93. The van der Waals surface area contributed by atoms with Crippen molar-refractivity contribution in [2.24, 2.45) is 5.92 Å². The van der Waals surface area contributed by atoms with Gasteiger partial charge in [-0.05, 0) is 49.9 Å². The lowest BCUT2D eigenvalue weighted by atomic mass is 10.1. The second-order valence-corrected chi connectivity index (χ2v) is 6.26. The highest BCUT2D eigenvalue weighted by Crippen LogP contribution is 2.40. The van der Waals surface area contributed by atoms with Gasteiger partial charge in [-0.15, -0.1) is 0 Å². The molecule has 0 radical (unpaired) electrons. The van der Waals surface area contributed by atoms with Crippen molar-refractivity contribution in [3.8, 4) is 0 Å². The lowest BCUT2D eigenvalue weighted by molar-refractivity contribution is 0.0931. The molecule has 1 saturated carbocycles. The van der Waals surface area contributed by atoms with E-state index in [4.69, 9.17) is 0 Å². The van der Waals surface area contributed by atoms with Gasteiger partial charge in [0, 0.05) is 26.0 Å². The molecule has 1 N–H and O–H groups in total. The number of carbonyl (C=O) groups is 1. The van der Waals surface area contributed by atoms with E-state index in [0.717, 1.165) is 24.2 Å². The first-order valence-electron chi connectivity index (χ1n) is 7.93. The maximum absolute atomic E-state index is 12.8. The van der Waals surface area contributed by atoms with Crippen LogP contribution in [0.25, 0.3) is 0 Å². The van der Waals surface area contributed by atoms with Gasteiger partial charge in [-0.25, -0.2) is 4.98 Å². The molecule has 0 aromatic carbocycles. The Hall–Kier alpha value is -2.43. The van der Waals surface area contributed by atoms with Crippen LogP contribution in [-0.4, -0.2) is 30.0 Å². The number of rotatable bonds is 5. The van der Waals surface area contributed by atoms with Gasteiger partial charge in [0.15, 0.2) is 0 Å². The average molecular weight is 310 g/mol. The first-order chi connectivity index (χ1) is 11.1. The molecular formula is C18H22N4O. The van der Waals surface area contributed by atoms with E-state index >= 15 is 0 Å². The molecule has 3 rings (SSSR count). The third-order valence-corrected chi connectivity index (χ3v) is 4.06. The van der Waals surface area contributed by atoms with Crippen LogP contribution in [0, 0.1) is 12.8 Å². The Morgan fingerprint density at radius 1 is 1.26 bits per heavy atom. The average Bonchev–Trinajstić information content (AvgIpc) is 3.37. The zero-order chi connectivity index (χ0) is 16.4. The van der Waals surface area contributed by atoms with Crippen molar-refractivity contribution >= 4 is 11.7 Å². The monoisotopic (exact) mass is 310 g/mol. The molecule has 1 fully saturated rings. The summed E-state index contributed by atoms with van der Waals surface area (Å²) < 4.78 is 0. The quantitative estimate of drug-likeness (QED) is 0.922. The highest BCUT2D eigenvalue weighted by Gasteiger charge is 2.35. The van der Waals surface area contributed by atoms with Crippen molar-refractivity contribution in [2.45, 2.75) is 25.8 Å². The third-order valence-electron chi connectivity index (χ3n) is 4.06. The Bertz CT molecular complexity index is 710. The number of carbonyl (C=O) groups excluding carboxylic acids is 1. The third kappa shape index (κ3) is 3.50. The molecular weight excluding hydrogens is 288 g/mol. The van der Waals surface area contributed by atoms with E-state index in [0.29, 0.717) is 17.3 Å². The molecule has 0 spiro atoms. The highest BCUT2D eigenvalue weighted by molar-refractivity contribution is 5.99. The number of aromatic nitrogens is 2. The molecule has 2 heterocycles. The molecule has 1 aliphatic rings. The minimum atomic E-state index is -0.0954. The van der Waals surface area contributed by atoms with Crippen molar-refractivity contribution in [3.05, 3.63) is 53.5 Å². The van der Waals surface area contributed by atoms with E-state index in [1.54, 1.807) is 12.3 Å². The number of amides is 1. The van der Waals surface area contributed by atoms with Crippen LogP contribution in [0.5, 0.6) is 0 Å². The standard InChI is InChI=1S/C18H22N4O/c1-12-6-4-8-15(20-12)16(13-9-10-13)21-18(23)14-7-5-11-19-17(14)22(2)3/h4-8,11,13,16H,9-10H2,1-3H3,(H,21,23)/t16-/m1/s1. The fourth-order valence-electron chi connectivity index (χ4n) is 2.75. The molecule has 1 atom stereocenters. The number of hydrogen-bond donors (Lipinski definition) is 1. The lowest BCUT2D eigenvalue weighted by Crippen LogP contribution is -2.32. The molecule has 2 aromatic heterocycles. The fraction of sp³-hybridized carbons (Fsp3) is 0.389. The number of hydrogen-bond acceptors (Lipinski definition) is 4. The van der Waals surface area contributed by atoms with Crippen LogP contribution in [0.1, 0.15) is 40.6 Å². The zero-order valence-electron chi connectivity index (χ0n) is 13.8. The predicted molar refractivity (Wildman–Crippen MR) is 90.5 cm³/mol. The summed E-state index contributed by atoms with van der Waals surface area (Å²) in [5.74, 6) is 1.06. The molecule has 5 nitrogen and oxygen atoms in total. The molecule has 23 heavy (non-hydrogen) atoms. The number of anilines is 1. The molecule has 120 valence electrons. The largest absolute Gasteiger partial charge is 0.362 e. The second-order valence-electron chi connectivity index (χ2n) is 6.26. The minimum absolute atomic E-state index is 0.0300. The Morgan fingerprint density at radius 2 is 2.04 bits per heavy atom. The Morgan fingerprint density at radius 3 is 2.70 bits per heavy atom. The summed E-state index contributed by atoms with van der Waals surface area (Å²) in [5, 5.41) is 3.17. The van der Waals surface area contributed by atoms with Crippen LogP contribution >= 0.6 is 0 Å². The highest BCUT2D eigenvalue weighted by atomic mass is 16.1. The van der Waals surface area contributed by atoms with Gasteiger partial charge in [-0.3, -0.25) is 9.78 Å². The molecule has 0 unspecified atom stereocenters. The summed E-state index contributed by atoms with van der Waals surface area (Å²) in [6.45, 7) is 1.97. The van der Waals surface area contributed by atoms with E-state index in [9.17, 15) is 4.79 Å². The molecule has 2 aromatic rings. The molecule has 5 heteroatoms. The minimum Gasteiger partial charge on any atom is -0.362 e. The van der Waals surface area contributed by atoms with Gasteiger partial charge in [0.25, 0.3) is 5.91 Å². The topological polar surface area (TPSA) is 58.1 Å². The first kappa shape index (κ1) is 15.5. The van der Waals surface area contributed by atoms with Crippen LogP contribution in [0.2, 0.25) is 0 Å². The zero-order valence-corrected chi connectivity index (χ0v) is 13.8. The Kier molecular flexibility index (Phi) is 4.28. The Labute approximate surface area is 136 Å². The lowest BCUT2D eigenvalue weighted by Gasteiger charge is -2.20. The maximum atomic E-state index is 12.8. The fourth-order valence-corrected chi connectivity index (χ4v) is 2.75. The van der Waals surface area contributed by atoms with Gasteiger partial charge in [0.05, 0.1) is 17.3 Å². The van der Waals surface area contributed by atoms with E-state index in [2.05, 4.69) is 15.3 Å². The van der Waals surface area contributed by atoms with Gasteiger partial charge >= 0.3 is 0 Å². The number of aryl methyl sites for hydroxylation is 1. The van der Waals surface area contributed by atoms with E-state index in [-0.39, 0.29) is 11.9 Å². The SMILES string of the molecule is Cc1cccc([C@H](NC(=O)c2cccnc2N(C)C)C2CC2)n1. The summed E-state index contributed by atoms with van der Waals surface area (Å²) >= 11 is 0. The van der Waals surface area contributed by atoms with Crippen LogP contribution < -0.4 is 10.2 Å². The van der Waals surface area contributed by atoms with Crippen LogP contribution in [-0.2, 0) is 0 Å². The summed E-state index contributed by atoms with van der Waals surface area (Å²) in [4.78, 5) is 23.5. The van der Waals surface area contributed by atoms with E-state index < -0.39 is 0 Å². The molecule has 0 saturated heterocycles. The van der Waals surface area contributed by atoms with Gasteiger partial charge in [0.1, 0.15) is 5.82 Å². The van der Waals surface area contributed by atoms with Crippen molar-refractivity contribution in [1.29, 1.82) is 0 Å². The van der Waals surface area contributed by atoms with E-state index in [1.807, 2.05) is 50.2 Å². The predicted octanol–water partition coefficient (Wildman–Crippen LogP) is 2.73. The van der Waals surface area contributed by atoms with Crippen molar-refractivity contribution in [2.75, 3.05) is 19.0 Å². The summed E-state index contributed by atoms with van der Waals surface area (Å²) in [5.41, 5.74) is 2.50. The van der Waals surface area contributed by atoms with Gasteiger partial charge in [0.2, 0.25) is 0 Å². The normalized spacial score (nSPS) is 15.1. The van der Waals surface area contributed by atoms with Crippen molar-refractivity contribution in [1.82, 2.24) is 15.3 Å². The Balaban J connectivity index is 1.85. The van der Waals surface area contributed by atoms with Gasteiger partial charge in [-0.2, -0.15) is 0 Å². The van der Waals surface area contributed by atoms with Crippen molar-refractivity contribution < 1.29 is 4.79 Å². The van der Waals surface area contributed by atoms with Crippen molar-refractivity contribution in [3.63, 3.8) is 0 Å². The second kappa shape index (κ2) is 6.36. The van der Waals surface area contributed by atoms with Crippen LogP contribution in [0.15, 0.2) is 36.5 Å². The maximum Gasteiger partial charge on any atom is 0.255 e. The molecule has 1 aliphatic carbocycles. The molecule has 1 amide bonds. The number of nitrogens with zero attached hydrogens (tertiary/aromatic N) is 3. The summed E-state index contributed by atoms with van der Waals surface area (Å²) in [6.07, 6.45) is 3.97. The summed E-state index contributed by atoms with van der Waals surface area (Å²) in [7, 11) is 3.78. The number of pyridine rings is 2. The van der Waals surface area contributed by atoms with Crippen LogP contribution in [0.4, 0.5) is 5.82 Å². The number of nitrogens with one attached hydrogen (secondary N) is 1. The van der Waals surface area contributed by atoms with Crippen LogP contribution in [0.3, 0.4) is 0 Å². The summed E-state index contributed by atoms with van der Waals surface area (Å²) in [6, 6.07) is 9.53. The van der Waals surface area contributed by atoms with Gasteiger partial charge < -0.3 is 10.2 Å². The molecule has 0 bridgehead atoms. The smallest absolute Gasteiger partial charge is 0.255 e.